The highest BCUT2D eigenvalue weighted by atomic mass is 35.5. The zero-order valence-corrected chi connectivity index (χ0v) is 11.2. The van der Waals surface area contributed by atoms with Gasteiger partial charge in [0.05, 0.1) is 6.54 Å². The summed E-state index contributed by atoms with van der Waals surface area (Å²) < 4.78 is 0. The van der Waals surface area contributed by atoms with E-state index in [0.29, 0.717) is 23.0 Å². The van der Waals surface area contributed by atoms with E-state index in [-0.39, 0.29) is 5.91 Å². The fourth-order valence-corrected chi connectivity index (χ4v) is 2.06. The molecule has 0 saturated heterocycles. The van der Waals surface area contributed by atoms with E-state index in [9.17, 15) is 9.59 Å². The predicted octanol–water partition coefficient (Wildman–Crippen LogP) is 2.04. The Morgan fingerprint density at radius 1 is 1.42 bits per heavy atom. The Bertz CT molecular complexity index is 555. The standard InChI is InChI=1S/C13H14ClN3O2/c1-2-8-3-4-9(5-11(8)14)16-13(19)17-10-6-12(18)15-7-10/h3-6H,2,7H2,1H3,(H,15,18)(H2,16,17,19). The largest absolute Gasteiger partial charge is 0.347 e. The Labute approximate surface area is 116 Å². The van der Waals surface area contributed by atoms with Crippen LogP contribution in [0.15, 0.2) is 30.0 Å². The number of hydrogen-bond acceptors (Lipinski definition) is 2. The lowest BCUT2D eigenvalue weighted by molar-refractivity contribution is -0.115. The molecule has 0 aliphatic carbocycles. The van der Waals surface area contributed by atoms with E-state index in [4.69, 9.17) is 11.6 Å². The fraction of sp³-hybridized carbons (Fsp3) is 0.231. The number of halogens is 1. The number of carbonyl (C=O) groups is 2. The second-order valence-corrected chi connectivity index (χ2v) is 4.53. The summed E-state index contributed by atoms with van der Waals surface area (Å²) in [5.74, 6) is -0.203. The molecule has 0 unspecified atom stereocenters. The van der Waals surface area contributed by atoms with Gasteiger partial charge in [-0.3, -0.25) is 4.79 Å². The van der Waals surface area contributed by atoms with Crippen molar-refractivity contribution in [2.45, 2.75) is 13.3 Å². The summed E-state index contributed by atoms with van der Waals surface area (Å²) in [7, 11) is 0. The molecule has 0 aromatic heterocycles. The van der Waals surface area contributed by atoms with Gasteiger partial charge < -0.3 is 16.0 Å². The van der Waals surface area contributed by atoms with Gasteiger partial charge in [-0.05, 0) is 24.1 Å². The first-order chi connectivity index (χ1) is 9.08. The van der Waals surface area contributed by atoms with Gasteiger partial charge in [0, 0.05) is 22.5 Å². The van der Waals surface area contributed by atoms with Gasteiger partial charge in [0.25, 0.3) is 0 Å². The van der Waals surface area contributed by atoms with Gasteiger partial charge in [0.2, 0.25) is 5.91 Å². The molecule has 1 aromatic rings. The molecule has 0 saturated carbocycles. The van der Waals surface area contributed by atoms with Gasteiger partial charge in [-0.1, -0.05) is 24.6 Å². The van der Waals surface area contributed by atoms with E-state index in [1.807, 2.05) is 13.0 Å². The van der Waals surface area contributed by atoms with Crippen LogP contribution in [0, 0.1) is 0 Å². The van der Waals surface area contributed by atoms with Crippen LogP contribution in [0.1, 0.15) is 12.5 Å². The molecule has 2 rings (SSSR count). The van der Waals surface area contributed by atoms with E-state index >= 15 is 0 Å². The van der Waals surface area contributed by atoms with Crippen molar-refractivity contribution in [2.75, 3.05) is 11.9 Å². The number of hydrogen-bond donors (Lipinski definition) is 3. The highest BCUT2D eigenvalue weighted by Gasteiger charge is 2.13. The number of nitrogens with one attached hydrogen (secondary N) is 3. The van der Waals surface area contributed by atoms with E-state index in [2.05, 4.69) is 16.0 Å². The van der Waals surface area contributed by atoms with Gasteiger partial charge in [-0.15, -0.1) is 0 Å². The van der Waals surface area contributed by atoms with Gasteiger partial charge in [-0.2, -0.15) is 0 Å². The molecule has 3 amide bonds. The van der Waals surface area contributed by atoms with E-state index < -0.39 is 6.03 Å². The summed E-state index contributed by atoms with van der Waals surface area (Å²) in [5, 5.41) is 8.44. The van der Waals surface area contributed by atoms with Crippen molar-refractivity contribution in [3.05, 3.63) is 40.6 Å². The Morgan fingerprint density at radius 3 is 2.79 bits per heavy atom. The number of amides is 3. The van der Waals surface area contributed by atoms with Crippen LogP contribution in [0.5, 0.6) is 0 Å². The lowest BCUT2D eigenvalue weighted by atomic mass is 10.1. The molecule has 1 aliphatic rings. The molecule has 19 heavy (non-hydrogen) atoms. The van der Waals surface area contributed by atoms with Crippen LogP contribution in [0.3, 0.4) is 0 Å². The summed E-state index contributed by atoms with van der Waals surface area (Å²) in [6.07, 6.45) is 2.19. The first kappa shape index (κ1) is 13.4. The minimum atomic E-state index is -0.400. The SMILES string of the molecule is CCc1ccc(NC(=O)NC2=CC(=O)NC2)cc1Cl. The molecule has 1 aliphatic heterocycles. The van der Waals surface area contributed by atoms with Gasteiger partial charge in [-0.25, -0.2) is 4.79 Å². The summed E-state index contributed by atoms with van der Waals surface area (Å²) in [6.45, 7) is 2.35. The average molecular weight is 280 g/mol. The molecule has 0 radical (unpaired) electrons. The lowest BCUT2D eigenvalue weighted by Crippen LogP contribution is -2.30. The van der Waals surface area contributed by atoms with Crippen molar-refractivity contribution in [1.29, 1.82) is 0 Å². The number of benzene rings is 1. The number of anilines is 1. The maximum atomic E-state index is 11.7. The van der Waals surface area contributed by atoms with Crippen molar-refractivity contribution in [2.24, 2.45) is 0 Å². The molecule has 5 nitrogen and oxygen atoms in total. The highest BCUT2D eigenvalue weighted by Crippen LogP contribution is 2.21. The third-order valence-corrected chi connectivity index (χ3v) is 3.08. The third-order valence-electron chi connectivity index (χ3n) is 2.72. The van der Waals surface area contributed by atoms with Crippen molar-refractivity contribution in [3.8, 4) is 0 Å². The van der Waals surface area contributed by atoms with E-state index in [1.165, 1.54) is 6.08 Å². The monoisotopic (exact) mass is 279 g/mol. The molecule has 1 heterocycles. The van der Waals surface area contributed by atoms with Crippen LogP contribution in [0.25, 0.3) is 0 Å². The summed E-state index contributed by atoms with van der Waals surface area (Å²) in [4.78, 5) is 22.6. The predicted molar refractivity (Wildman–Crippen MR) is 74.1 cm³/mol. The minimum Gasteiger partial charge on any atom is -0.347 e. The van der Waals surface area contributed by atoms with Crippen LogP contribution in [-0.2, 0) is 11.2 Å². The van der Waals surface area contributed by atoms with Crippen LogP contribution in [0.2, 0.25) is 5.02 Å². The van der Waals surface area contributed by atoms with E-state index in [0.717, 1.165) is 12.0 Å². The van der Waals surface area contributed by atoms with Crippen molar-refractivity contribution in [1.82, 2.24) is 10.6 Å². The number of rotatable bonds is 3. The normalized spacial score (nSPS) is 13.8. The Kier molecular flexibility index (Phi) is 4.06. The highest BCUT2D eigenvalue weighted by molar-refractivity contribution is 6.31. The van der Waals surface area contributed by atoms with Crippen LogP contribution in [-0.4, -0.2) is 18.5 Å². The molecule has 3 N–H and O–H groups in total. The summed E-state index contributed by atoms with van der Waals surface area (Å²) in [5.41, 5.74) is 2.18. The van der Waals surface area contributed by atoms with Crippen molar-refractivity contribution < 1.29 is 9.59 Å². The van der Waals surface area contributed by atoms with Gasteiger partial charge >= 0.3 is 6.03 Å². The molecule has 0 spiro atoms. The first-order valence-corrected chi connectivity index (χ1v) is 6.31. The maximum Gasteiger partial charge on any atom is 0.323 e. The second-order valence-electron chi connectivity index (χ2n) is 4.13. The van der Waals surface area contributed by atoms with Crippen LogP contribution < -0.4 is 16.0 Å². The maximum absolute atomic E-state index is 11.7. The molecule has 6 heteroatoms. The molecular weight excluding hydrogens is 266 g/mol. The van der Waals surface area contributed by atoms with Crippen molar-refractivity contribution >= 4 is 29.2 Å². The molecule has 0 fully saturated rings. The topological polar surface area (TPSA) is 70.2 Å². The van der Waals surface area contributed by atoms with Crippen LogP contribution in [0.4, 0.5) is 10.5 Å². The van der Waals surface area contributed by atoms with Gasteiger partial charge in [0.1, 0.15) is 0 Å². The van der Waals surface area contributed by atoms with Crippen LogP contribution >= 0.6 is 11.6 Å². The molecule has 0 atom stereocenters. The number of urea groups is 1. The quantitative estimate of drug-likeness (QED) is 0.792. The zero-order valence-electron chi connectivity index (χ0n) is 10.4. The molecular formula is C13H14ClN3O2. The minimum absolute atomic E-state index is 0.203. The fourth-order valence-electron chi connectivity index (χ4n) is 1.74. The zero-order chi connectivity index (χ0) is 13.8. The lowest BCUT2D eigenvalue weighted by Gasteiger charge is -2.09. The Balaban J connectivity index is 1.97. The molecule has 100 valence electrons. The summed E-state index contributed by atoms with van der Waals surface area (Å²) in [6, 6.07) is 4.96. The third kappa shape index (κ3) is 3.48. The number of aryl methyl sites for hydroxylation is 1. The number of carbonyl (C=O) groups excluding carboxylic acids is 2. The van der Waals surface area contributed by atoms with E-state index in [1.54, 1.807) is 12.1 Å². The van der Waals surface area contributed by atoms with Gasteiger partial charge in [0.15, 0.2) is 0 Å². The smallest absolute Gasteiger partial charge is 0.323 e. The Hall–Kier alpha value is -2.01. The second kappa shape index (κ2) is 5.75. The molecule has 1 aromatic carbocycles. The molecule has 0 bridgehead atoms. The summed E-state index contributed by atoms with van der Waals surface area (Å²) >= 11 is 6.06. The Morgan fingerprint density at radius 2 is 2.21 bits per heavy atom. The first-order valence-electron chi connectivity index (χ1n) is 5.93. The average Bonchev–Trinajstić information content (AvgIpc) is 2.74. The van der Waals surface area contributed by atoms with Crippen molar-refractivity contribution in [3.63, 3.8) is 0 Å².